The Labute approximate surface area is 114 Å². The first-order valence-electron chi connectivity index (χ1n) is 6.93. The zero-order valence-corrected chi connectivity index (χ0v) is 12.1. The van der Waals surface area contributed by atoms with Crippen LogP contribution in [0.3, 0.4) is 0 Å². The molecule has 2 rings (SSSR count). The predicted molar refractivity (Wildman–Crippen MR) is 72.4 cm³/mol. The fourth-order valence-corrected chi connectivity index (χ4v) is 2.94. The number of aromatic amines is 1. The lowest BCUT2D eigenvalue weighted by atomic mass is 10.2. The van der Waals surface area contributed by atoms with Crippen molar-refractivity contribution < 1.29 is 4.79 Å². The Morgan fingerprint density at radius 2 is 2.05 bits per heavy atom. The van der Waals surface area contributed by atoms with Gasteiger partial charge in [-0.2, -0.15) is 5.10 Å². The number of H-pyrrole nitrogens is 1. The maximum absolute atomic E-state index is 12.3. The zero-order chi connectivity index (χ0) is 14.0. The van der Waals surface area contributed by atoms with Gasteiger partial charge in [-0.3, -0.25) is 14.8 Å². The molecule has 0 aromatic carbocycles. The summed E-state index contributed by atoms with van der Waals surface area (Å²) < 4.78 is 0. The van der Waals surface area contributed by atoms with Gasteiger partial charge < -0.3 is 5.32 Å². The lowest BCUT2D eigenvalue weighted by Crippen LogP contribution is -2.49. The monoisotopic (exact) mass is 265 g/mol. The Hall–Kier alpha value is -1.43. The molecule has 6 heteroatoms. The summed E-state index contributed by atoms with van der Waals surface area (Å²) in [6, 6.07) is 0.677. The van der Waals surface area contributed by atoms with Crippen LogP contribution in [0.25, 0.3) is 0 Å². The summed E-state index contributed by atoms with van der Waals surface area (Å²) in [6.45, 7) is 8.25. The highest BCUT2D eigenvalue weighted by Gasteiger charge is 2.34. The van der Waals surface area contributed by atoms with Crippen molar-refractivity contribution in [3.8, 4) is 0 Å². The first-order valence-corrected chi connectivity index (χ1v) is 6.93. The molecule has 0 radical (unpaired) electrons. The van der Waals surface area contributed by atoms with E-state index < -0.39 is 0 Å². The van der Waals surface area contributed by atoms with E-state index in [4.69, 9.17) is 0 Å². The molecule has 4 atom stereocenters. The van der Waals surface area contributed by atoms with E-state index in [0.717, 1.165) is 12.8 Å². The van der Waals surface area contributed by atoms with Crippen molar-refractivity contribution in [2.75, 3.05) is 0 Å². The average molecular weight is 265 g/mol. The van der Waals surface area contributed by atoms with Crippen molar-refractivity contribution in [2.45, 2.75) is 64.7 Å². The van der Waals surface area contributed by atoms with E-state index in [9.17, 15) is 4.79 Å². The second kappa shape index (κ2) is 5.69. The molecule has 19 heavy (non-hydrogen) atoms. The quantitative estimate of drug-likeness (QED) is 0.859. The summed E-state index contributed by atoms with van der Waals surface area (Å²) in [6.07, 6.45) is 3.78. The summed E-state index contributed by atoms with van der Waals surface area (Å²) in [4.78, 5) is 18.7. The normalized spacial score (nSPS) is 27.2. The third-order valence-corrected chi connectivity index (χ3v) is 4.05. The fourth-order valence-electron chi connectivity index (χ4n) is 2.94. The number of nitrogens with one attached hydrogen (secondary N) is 2. The van der Waals surface area contributed by atoms with E-state index >= 15 is 0 Å². The highest BCUT2D eigenvalue weighted by atomic mass is 16.2. The van der Waals surface area contributed by atoms with Crippen LogP contribution in [-0.2, 0) is 4.79 Å². The van der Waals surface area contributed by atoms with Crippen molar-refractivity contribution in [3.63, 3.8) is 0 Å². The molecular weight excluding hydrogens is 242 g/mol. The van der Waals surface area contributed by atoms with Crippen molar-refractivity contribution in [2.24, 2.45) is 0 Å². The Morgan fingerprint density at radius 3 is 2.58 bits per heavy atom. The third-order valence-electron chi connectivity index (χ3n) is 4.05. The molecule has 0 spiro atoms. The van der Waals surface area contributed by atoms with Gasteiger partial charge in [0.1, 0.15) is 12.2 Å². The van der Waals surface area contributed by atoms with E-state index in [0.29, 0.717) is 17.9 Å². The molecule has 106 valence electrons. The molecule has 0 bridgehead atoms. The Morgan fingerprint density at radius 1 is 1.42 bits per heavy atom. The third kappa shape index (κ3) is 2.94. The molecule has 4 unspecified atom stereocenters. The Balaban J connectivity index is 1.96. The van der Waals surface area contributed by atoms with E-state index in [2.05, 4.69) is 39.2 Å². The van der Waals surface area contributed by atoms with Gasteiger partial charge in [0.25, 0.3) is 0 Å². The highest BCUT2D eigenvalue weighted by molar-refractivity contribution is 5.81. The van der Waals surface area contributed by atoms with Crippen LogP contribution in [0.1, 0.15) is 52.4 Å². The number of nitrogens with zero attached hydrogens (tertiary/aromatic N) is 3. The summed E-state index contributed by atoms with van der Waals surface area (Å²) in [5, 5.41) is 9.56. The Bertz CT molecular complexity index is 409. The topological polar surface area (TPSA) is 73.9 Å². The standard InChI is InChI=1S/C13H23N5O/c1-8-5-6-9(2)18(8)11(4)13(19)16-10(3)12-14-7-15-17-12/h7-11H,5-6H2,1-4H3,(H,16,19)(H,14,15,17). The van der Waals surface area contributed by atoms with Gasteiger partial charge in [-0.05, 0) is 40.5 Å². The second-order valence-corrected chi connectivity index (χ2v) is 5.50. The van der Waals surface area contributed by atoms with Crippen LogP contribution >= 0.6 is 0 Å². The first kappa shape index (κ1) is 14.0. The SMILES string of the molecule is CC(NC(=O)C(C)N1C(C)CCC1C)c1ncn[nH]1. The maximum atomic E-state index is 12.3. The molecule has 6 nitrogen and oxygen atoms in total. The second-order valence-electron chi connectivity index (χ2n) is 5.50. The van der Waals surface area contributed by atoms with Gasteiger partial charge in [-0.15, -0.1) is 0 Å². The maximum Gasteiger partial charge on any atom is 0.237 e. The van der Waals surface area contributed by atoms with Gasteiger partial charge >= 0.3 is 0 Å². The molecule has 1 aromatic rings. The molecule has 2 N–H and O–H groups in total. The van der Waals surface area contributed by atoms with Gasteiger partial charge in [0.2, 0.25) is 5.91 Å². The average Bonchev–Trinajstić information content (AvgIpc) is 2.99. The van der Waals surface area contributed by atoms with Crippen LogP contribution in [-0.4, -0.2) is 44.1 Å². The van der Waals surface area contributed by atoms with Crippen molar-refractivity contribution in [1.29, 1.82) is 0 Å². The predicted octanol–water partition coefficient (Wildman–Crippen LogP) is 1.24. The van der Waals surface area contributed by atoms with Gasteiger partial charge in [0.15, 0.2) is 0 Å². The lowest BCUT2D eigenvalue weighted by molar-refractivity contribution is -0.127. The molecule has 1 aliphatic rings. The van der Waals surface area contributed by atoms with Crippen molar-refractivity contribution in [3.05, 3.63) is 12.2 Å². The van der Waals surface area contributed by atoms with E-state index in [-0.39, 0.29) is 18.0 Å². The van der Waals surface area contributed by atoms with Crippen LogP contribution in [0.5, 0.6) is 0 Å². The van der Waals surface area contributed by atoms with Crippen molar-refractivity contribution in [1.82, 2.24) is 25.4 Å². The largest absolute Gasteiger partial charge is 0.345 e. The number of aromatic nitrogens is 3. The molecule has 1 amide bonds. The Kier molecular flexibility index (Phi) is 4.19. The molecule has 1 fully saturated rings. The summed E-state index contributed by atoms with van der Waals surface area (Å²) >= 11 is 0. The van der Waals surface area contributed by atoms with E-state index in [1.807, 2.05) is 13.8 Å². The highest BCUT2D eigenvalue weighted by Crippen LogP contribution is 2.26. The number of likely N-dealkylation sites (tertiary alicyclic amines) is 1. The first-order chi connectivity index (χ1) is 9.00. The number of rotatable bonds is 4. The zero-order valence-electron chi connectivity index (χ0n) is 12.1. The smallest absolute Gasteiger partial charge is 0.237 e. The van der Waals surface area contributed by atoms with Gasteiger partial charge in [-0.1, -0.05) is 0 Å². The lowest BCUT2D eigenvalue weighted by Gasteiger charge is -2.32. The summed E-state index contributed by atoms with van der Waals surface area (Å²) in [5.74, 6) is 0.729. The van der Waals surface area contributed by atoms with Crippen LogP contribution in [0.15, 0.2) is 6.33 Å². The van der Waals surface area contributed by atoms with Crippen molar-refractivity contribution >= 4 is 5.91 Å². The minimum absolute atomic E-state index is 0.0458. The molecule has 1 saturated heterocycles. The minimum Gasteiger partial charge on any atom is -0.345 e. The summed E-state index contributed by atoms with van der Waals surface area (Å²) in [7, 11) is 0. The van der Waals surface area contributed by atoms with E-state index in [1.54, 1.807) is 0 Å². The number of hydrogen-bond donors (Lipinski definition) is 2. The van der Waals surface area contributed by atoms with Crippen LogP contribution < -0.4 is 5.32 Å². The number of carbonyl (C=O) groups is 1. The van der Waals surface area contributed by atoms with Crippen LogP contribution in [0.2, 0.25) is 0 Å². The van der Waals surface area contributed by atoms with Gasteiger partial charge in [-0.25, -0.2) is 4.98 Å². The number of hydrogen-bond acceptors (Lipinski definition) is 4. The van der Waals surface area contributed by atoms with Crippen LogP contribution in [0.4, 0.5) is 0 Å². The molecule has 2 heterocycles. The number of amides is 1. The summed E-state index contributed by atoms with van der Waals surface area (Å²) in [5.41, 5.74) is 0. The molecule has 0 saturated carbocycles. The van der Waals surface area contributed by atoms with E-state index in [1.165, 1.54) is 6.33 Å². The molecule has 0 aliphatic carbocycles. The van der Waals surface area contributed by atoms with Gasteiger partial charge in [0.05, 0.1) is 12.1 Å². The van der Waals surface area contributed by atoms with Crippen LogP contribution in [0, 0.1) is 0 Å². The molecule has 1 aliphatic heterocycles. The minimum atomic E-state index is -0.148. The fraction of sp³-hybridized carbons (Fsp3) is 0.769. The van der Waals surface area contributed by atoms with Gasteiger partial charge in [0, 0.05) is 12.1 Å². The number of carbonyl (C=O) groups excluding carboxylic acids is 1. The molecule has 1 aromatic heterocycles. The molecular formula is C13H23N5O.